The topological polar surface area (TPSA) is 104 Å². The molecule has 1 aromatic heterocycles. The number of nitrogens with one attached hydrogen (secondary N) is 3. The van der Waals surface area contributed by atoms with E-state index < -0.39 is 5.91 Å². The Balaban J connectivity index is 1.45. The molecule has 2 aromatic rings. The fourth-order valence-corrected chi connectivity index (χ4v) is 2.76. The van der Waals surface area contributed by atoms with Gasteiger partial charge in [-0.3, -0.25) is 20.5 Å². The number of aromatic hydroxyl groups is 1. The normalized spacial score (nSPS) is 14.5. The van der Waals surface area contributed by atoms with Gasteiger partial charge in [-0.05, 0) is 24.4 Å². The van der Waals surface area contributed by atoms with Gasteiger partial charge in [-0.1, -0.05) is 18.2 Å². The van der Waals surface area contributed by atoms with Crippen molar-refractivity contribution in [2.24, 2.45) is 0 Å². The van der Waals surface area contributed by atoms with E-state index in [-0.39, 0.29) is 11.4 Å². The van der Waals surface area contributed by atoms with Crippen molar-refractivity contribution in [1.82, 2.24) is 30.8 Å². The Hall–Kier alpha value is -2.69. The molecule has 0 saturated carbocycles. The molecule has 144 valence electrons. The van der Waals surface area contributed by atoms with Crippen LogP contribution in [-0.2, 0) is 4.74 Å². The minimum absolute atomic E-state index is 0.0949. The van der Waals surface area contributed by atoms with E-state index in [0.29, 0.717) is 11.7 Å². The minimum Gasteiger partial charge on any atom is -0.504 e. The zero-order valence-corrected chi connectivity index (χ0v) is 15.5. The fourth-order valence-electron chi connectivity index (χ4n) is 2.61. The maximum absolute atomic E-state index is 12.2. The predicted molar refractivity (Wildman–Crippen MR) is 104 cm³/mol. The number of para-hydroxylation sites is 1. The summed E-state index contributed by atoms with van der Waals surface area (Å²) in [6, 6.07) is 9.20. The number of thiocarbonyl (C=S) groups is 1. The van der Waals surface area contributed by atoms with E-state index in [2.05, 4.69) is 26.2 Å². The lowest BCUT2D eigenvalue weighted by Crippen LogP contribution is -2.49. The summed E-state index contributed by atoms with van der Waals surface area (Å²) in [7, 11) is 0. The lowest BCUT2D eigenvalue weighted by Gasteiger charge is -2.26. The van der Waals surface area contributed by atoms with Crippen LogP contribution in [0, 0.1) is 0 Å². The molecule has 1 aliphatic rings. The van der Waals surface area contributed by atoms with E-state index in [4.69, 9.17) is 17.0 Å². The van der Waals surface area contributed by atoms with Gasteiger partial charge in [0.15, 0.2) is 16.6 Å². The van der Waals surface area contributed by atoms with E-state index in [1.807, 2.05) is 30.3 Å². The monoisotopic (exact) mass is 390 g/mol. The first kappa shape index (κ1) is 19.1. The zero-order chi connectivity index (χ0) is 19.1. The van der Waals surface area contributed by atoms with Crippen LogP contribution in [0.4, 0.5) is 0 Å². The summed E-state index contributed by atoms with van der Waals surface area (Å²) in [6.07, 6.45) is 1.38. The lowest BCUT2D eigenvalue weighted by molar-refractivity contribution is 0.0389. The highest BCUT2D eigenvalue weighted by Gasteiger charge is 2.17. The first-order valence-electron chi connectivity index (χ1n) is 8.62. The van der Waals surface area contributed by atoms with Crippen LogP contribution in [-0.4, -0.2) is 70.2 Å². The average Bonchev–Trinajstić information content (AvgIpc) is 3.09. The highest BCUT2D eigenvalue weighted by molar-refractivity contribution is 7.80. The Bertz CT molecular complexity index is 776. The van der Waals surface area contributed by atoms with E-state index in [9.17, 15) is 9.90 Å². The first-order valence-corrected chi connectivity index (χ1v) is 9.02. The van der Waals surface area contributed by atoms with E-state index >= 15 is 0 Å². The van der Waals surface area contributed by atoms with Gasteiger partial charge in [0.05, 0.1) is 25.1 Å². The summed E-state index contributed by atoms with van der Waals surface area (Å²) < 4.78 is 6.73. The van der Waals surface area contributed by atoms with Crippen LogP contribution in [0.2, 0.25) is 0 Å². The number of aromatic nitrogens is 2. The minimum atomic E-state index is -0.584. The van der Waals surface area contributed by atoms with Crippen LogP contribution in [0.25, 0.3) is 5.69 Å². The maximum Gasteiger partial charge on any atom is 0.294 e. The van der Waals surface area contributed by atoms with Gasteiger partial charge < -0.3 is 15.2 Å². The van der Waals surface area contributed by atoms with Crippen molar-refractivity contribution in [3.05, 3.63) is 42.2 Å². The van der Waals surface area contributed by atoms with Crippen LogP contribution in [0.5, 0.6) is 5.75 Å². The van der Waals surface area contributed by atoms with Crippen LogP contribution >= 0.6 is 12.2 Å². The number of amides is 1. The molecule has 2 heterocycles. The van der Waals surface area contributed by atoms with Crippen molar-refractivity contribution in [3.63, 3.8) is 0 Å². The third-order valence-corrected chi connectivity index (χ3v) is 4.28. The standard InChI is InChI=1S/C17H22N6O3S/c24-14-12-23(13-4-2-1-3-5-13)21-15(14)16(25)19-20-17(27)18-6-7-22-8-10-26-11-9-22/h1-5,12,24H,6-11H2,(H,19,25)(H2,18,20,27). The van der Waals surface area contributed by atoms with Crippen molar-refractivity contribution in [1.29, 1.82) is 0 Å². The molecule has 3 rings (SSSR count). The molecule has 1 amide bonds. The molecule has 4 N–H and O–H groups in total. The molecule has 1 aromatic carbocycles. The van der Waals surface area contributed by atoms with Gasteiger partial charge in [-0.25, -0.2) is 4.68 Å². The van der Waals surface area contributed by atoms with Crippen molar-refractivity contribution in [2.45, 2.75) is 0 Å². The number of morpholine rings is 1. The quantitative estimate of drug-likeness (QED) is 0.419. The number of rotatable bonds is 5. The number of benzene rings is 1. The number of ether oxygens (including phenoxy) is 1. The Morgan fingerprint density at radius 1 is 1.22 bits per heavy atom. The van der Waals surface area contributed by atoms with Crippen molar-refractivity contribution >= 4 is 23.2 Å². The Kier molecular flexibility index (Phi) is 6.58. The number of carbonyl (C=O) groups is 1. The van der Waals surface area contributed by atoms with Crippen molar-refractivity contribution in [2.75, 3.05) is 39.4 Å². The molecule has 0 unspecified atom stereocenters. The fraction of sp³-hybridized carbons (Fsp3) is 0.353. The summed E-state index contributed by atoms with van der Waals surface area (Å²) in [4.78, 5) is 14.5. The number of hydrogen-bond acceptors (Lipinski definition) is 6. The van der Waals surface area contributed by atoms with Crippen molar-refractivity contribution in [3.8, 4) is 11.4 Å². The number of hydrazine groups is 1. The summed E-state index contributed by atoms with van der Waals surface area (Å²) in [5.41, 5.74) is 5.68. The van der Waals surface area contributed by atoms with Gasteiger partial charge in [0, 0.05) is 26.2 Å². The second-order valence-corrected chi connectivity index (χ2v) is 6.34. The highest BCUT2D eigenvalue weighted by atomic mass is 32.1. The van der Waals surface area contributed by atoms with Gasteiger partial charge in [-0.15, -0.1) is 0 Å². The van der Waals surface area contributed by atoms with Crippen LogP contribution in [0.1, 0.15) is 10.5 Å². The molecule has 0 atom stereocenters. The van der Waals surface area contributed by atoms with Gasteiger partial charge in [0.25, 0.3) is 5.91 Å². The van der Waals surface area contributed by atoms with Crippen molar-refractivity contribution < 1.29 is 14.6 Å². The van der Waals surface area contributed by atoms with Gasteiger partial charge in [0.2, 0.25) is 0 Å². The largest absolute Gasteiger partial charge is 0.504 e. The van der Waals surface area contributed by atoms with Gasteiger partial charge >= 0.3 is 0 Å². The van der Waals surface area contributed by atoms with Gasteiger partial charge in [-0.2, -0.15) is 5.10 Å². The molecular weight excluding hydrogens is 368 g/mol. The highest BCUT2D eigenvalue weighted by Crippen LogP contribution is 2.17. The van der Waals surface area contributed by atoms with Crippen LogP contribution < -0.4 is 16.2 Å². The Morgan fingerprint density at radius 3 is 2.70 bits per heavy atom. The molecular formula is C17H22N6O3S. The first-order chi connectivity index (χ1) is 13.1. The summed E-state index contributed by atoms with van der Waals surface area (Å²) >= 11 is 5.14. The average molecular weight is 390 g/mol. The third kappa shape index (κ3) is 5.39. The summed E-state index contributed by atoms with van der Waals surface area (Å²) in [6.45, 7) is 4.79. The van der Waals surface area contributed by atoms with Crippen LogP contribution in [0.3, 0.4) is 0 Å². The SMILES string of the molecule is O=C(NNC(=S)NCCN1CCOCC1)c1nn(-c2ccccc2)cc1O. The number of nitrogens with zero attached hydrogens (tertiary/aromatic N) is 3. The smallest absolute Gasteiger partial charge is 0.294 e. The molecule has 0 aliphatic carbocycles. The predicted octanol–water partition coefficient (Wildman–Crippen LogP) is 0.0190. The Labute approximate surface area is 162 Å². The number of hydrogen-bond donors (Lipinski definition) is 4. The van der Waals surface area contributed by atoms with E-state index in [1.165, 1.54) is 10.9 Å². The molecule has 0 spiro atoms. The Morgan fingerprint density at radius 2 is 1.96 bits per heavy atom. The molecule has 0 bridgehead atoms. The second kappa shape index (κ2) is 9.31. The zero-order valence-electron chi connectivity index (χ0n) is 14.7. The molecule has 27 heavy (non-hydrogen) atoms. The molecule has 1 aliphatic heterocycles. The van der Waals surface area contributed by atoms with E-state index in [0.717, 1.165) is 38.5 Å². The van der Waals surface area contributed by atoms with Crippen LogP contribution in [0.15, 0.2) is 36.5 Å². The summed E-state index contributed by atoms with van der Waals surface area (Å²) in [5.74, 6) is -0.802. The molecule has 1 fully saturated rings. The summed E-state index contributed by atoms with van der Waals surface area (Å²) in [5, 5.41) is 17.4. The molecule has 1 saturated heterocycles. The second-order valence-electron chi connectivity index (χ2n) is 5.93. The molecule has 9 nitrogen and oxygen atoms in total. The third-order valence-electron chi connectivity index (χ3n) is 4.04. The number of carbonyl (C=O) groups excluding carboxylic acids is 1. The maximum atomic E-state index is 12.2. The van der Waals surface area contributed by atoms with Gasteiger partial charge in [0.1, 0.15) is 0 Å². The van der Waals surface area contributed by atoms with E-state index in [1.54, 1.807) is 0 Å². The molecule has 0 radical (unpaired) electrons. The molecule has 10 heteroatoms. The lowest BCUT2D eigenvalue weighted by atomic mass is 10.3.